The van der Waals surface area contributed by atoms with Crippen molar-refractivity contribution >= 4 is 17.5 Å². The van der Waals surface area contributed by atoms with Gasteiger partial charge in [-0.2, -0.15) is 0 Å². The van der Waals surface area contributed by atoms with Crippen molar-refractivity contribution in [3.05, 3.63) is 53.0 Å². The van der Waals surface area contributed by atoms with Gasteiger partial charge in [0.05, 0.1) is 16.8 Å². The van der Waals surface area contributed by atoms with E-state index in [1.54, 1.807) is 49.1 Å². The molecule has 1 aromatic carbocycles. The number of nitrogens with zero attached hydrogens (tertiary/aromatic N) is 1. The average Bonchev–Trinajstić information content (AvgIpc) is 2.87. The van der Waals surface area contributed by atoms with E-state index < -0.39 is 0 Å². The third-order valence-corrected chi connectivity index (χ3v) is 3.74. The molecular formula is C18H22N2O3. The number of furan rings is 1. The highest BCUT2D eigenvalue weighted by Crippen LogP contribution is 2.20. The van der Waals surface area contributed by atoms with Gasteiger partial charge >= 0.3 is 0 Å². The van der Waals surface area contributed by atoms with E-state index in [9.17, 15) is 9.59 Å². The summed E-state index contributed by atoms with van der Waals surface area (Å²) in [6.07, 6.45) is 0. The topological polar surface area (TPSA) is 62.6 Å². The minimum absolute atomic E-state index is 0.0917. The minimum atomic E-state index is -0.279. The number of carbonyl (C=O) groups is 2. The van der Waals surface area contributed by atoms with Crippen LogP contribution in [0.25, 0.3) is 0 Å². The summed E-state index contributed by atoms with van der Waals surface area (Å²) in [5, 5.41) is 2.82. The maximum Gasteiger partial charge on any atom is 0.259 e. The number of benzene rings is 1. The molecule has 0 fully saturated rings. The smallest absolute Gasteiger partial charge is 0.259 e. The molecule has 1 aromatic heterocycles. The number of hydrogen-bond acceptors (Lipinski definition) is 3. The predicted molar refractivity (Wildman–Crippen MR) is 89.8 cm³/mol. The number of nitrogens with one attached hydrogen (secondary N) is 1. The maximum absolute atomic E-state index is 12.6. The van der Waals surface area contributed by atoms with Crippen molar-refractivity contribution in [3.8, 4) is 0 Å². The first-order chi connectivity index (χ1) is 11.0. The standard InChI is InChI=1S/C18H22N2O3/c1-5-20(6-2)18(22)14-9-7-8-10-16(14)19-17(21)15-11-12(3)23-13(15)4/h7-11H,5-6H2,1-4H3,(H,19,21). The van der Waals surface area contributed by atoms with Gasteiger partial charge in [0.2, 0.25) is 0 Å². The first-order valence-corrected chi connectivity index (χ1v) is 7.74. The summed E-state index contributed by atoms with van der Waals surface area (Å²) in [5.74, 6) is 0.873. The monoisotopic (exact) mass is 314 g/mol. The van der Waals surface area contributed by atoms with Gasteiger partial charge in [-0.05, 0) is 45.9 Å². The Morgan fingerprint density at radius 3 is 2.30 bits per heavy atom. The van der Waals surface area contributed by atoms with Gasteiger partial charge in [0.1, 0.15) is 11.5 Å². The van der Waals surface area contributed by atoms with Crippen LogP contribution in [-0.2, 0) is 0 Å². The quantitative estimate of drug-likeness (QED) is 0.916. The Kier molecular flexibility index (Phi) is 5.21. The molecule has 23 heavy (non-hydrogen) atoms. The van der Waals surface area contributed by atoms with Crippen molar-refractivity contribution in [2.45, 2.75) is 27.7 Å². The third kappa shape index (κ3) is 3.62. The first kappa shape index (κ1) is 16.8. The number of aryl methyl sites for hydroxylation is 2. The minimum Gasteiger partial charge on any atom is -0.466 e. The Morgan fingerprint density at radius 2 is 1.74 bits per heavy atom. The largest absolute Gasteiger partial charge is 0.466 e. The molecule has 0 bridgehead atoms. The van der Waals surface area contributed by atoms with Gasteiger partial charge in [-0.1, -0.05) is 12.1 Å². The molecular weight excluding hydrogens is 292 g/mol. The van der Waals surface area contributed by atoms with Crippen LogP contribution in [0, 0.1) is 13.8 Å². The lowest BCUT2D eigenvalue weighted by Crippen LogP contribution is -2.31. The Hall–Kier alpha value is -2.56. The molecule has 5 nitrogen and oxygen atoms in total. The number of rotatable bonds is 5. The summed E-state index contributed by atoms with van der Waals surface area (Å²) < 4.78 is 5.39. The zero-order valence-corrected chi connectivity index (χ0v) is 14.0. The molecule has 0 aliphatic rings. The summed E-state index contributed by atoms with van der Waals surface area (Å²) in [6.45, 7) is 8.65. The predicted octanol–water partition coefficient (Wildman–Crippen LogP) is 3.63. The lowest BCUT2D eigenvalue weighted by molar-refractivity contribution is 0.0774. The molecule has 2 amide bonds. The fourth-order valence-electron chi connectivity index (χ4n) is 2.51. The third-order valence-electron chi connectivity index (χ3n) is 3.74. The Labute approximate surface area is 136 Å². The first-order valence-electron chi connectivity index (χ1n) is 7.74. The highest BCUT2D eigenvalue weighted by Gasteiger charge is 2.19. The van der Waals surface area contributed by atoms with Crippen molar-refractivity contribution in [1.29, 1.82) is 0 Å². The van der Waals surface area contributed by atoms with Crippen LogP contribution < -0.4 is 5.32 Å². The molecule has 0 radical (unpaired) electrons. The number of hydrogen-bond donors (Lipinski definition) is 1. The SMILES string of the molecule is CCN(CC)C(=O)c1ccccc1NC(=O)c1cc(C)oc1C. The van der Waals surface area contributed by atoms with Crippen LogP contribution in [0.1, 0.15) is 46.1 Å². The van der Waals surface area contributed by atoms with Gasteiger partial charge in [-0.15, -0.1) is 0 Å². The molecule has 0 spiro atoms. The van der Waals surface area contributed by atoms with E-state index in [-0.39, 0.29) is 11.8 Å². The van der Waals surface area contributed by atoms with Gasteiger partial charge in [-0.25, -0.2) is 0 Å². The van der Waals surface area contributed by atoms with E-state index in [0.717, 1.165) is 0 Å². The highest BCUT2D eigenvalue weighted by atomic mass is 16.3. The van der Waals surface area contributed by atoms with E-state index in [4.69, 9.17) is 4.42 Å². The molecule has 0 atom stereocenters. The molecule has 1 N–H and O–H groups in total. The van der Waals surface area contributed by atoms with Crippen LogP contribution in [0.5, 0.6) is 0 Å². The number of anilines is 1. The molecule has 2 aromatic rings. The molecule has 122 valence electrons. The summed E-state index contributed by atoms with van der Waals surface area (Å²) >= 11 is 0. The second kappa shape index (κ2) is 7.13. The van der Waals surface area contributed by atoms with Crippen molar-refractivity contribution in [2.24, 2.45) is 0 Å². The summed E-state index contributed by atoms with van der Waals surface area (Å²) in [5.41, 5.74) is 1.47. The van der Waals surface area contributed by atoms with Crippen molar-refractivity contribution in [2.75, 3.05) is 18.4 Å². The highest BCUT2D eigenvalue weighted by molar-refractivity contribution is 6.09. The van der Waals surface area contributed by atoms with Gasteiger partial charge < -0.3 is 14.6 Å². The second-order valence-electron chi connectivity index (χ2n) is 5.30. The normalized spacial score (nSPS) is 10.4. The van der Waals surface area contributed by atoms with Crippen LogP contribution in [0.15, 0.2) is 34.7 Å². The van der Waals surface area contributed by atoms with Crippen molar-refractivity contribution in [3.63, 3.8) is 0 Å². The Bertz CT molecular complexity index is 715. The molecule has 2 rings (SSSR count). The van der Waals surface area contributed by atoms with Gasteiger partial charge in [0.25, 0.3) is 11.8 Å². The van der Waals surface area contributed by atoms with Crippen molar-refractivity contribution < 1.29 is 14.0 Å². The van der Waals surface area contributed by atoms with E-state index >= 15 is 0 Å². The van der Waals surface area contributed by atoms with E-state index in [0.29, 0.717) is 41.4 Å². The van der Waals surface area contributed by atoms with Crippen LogP contribution in [-0.4, -0.2) is 29.8 Å². The summed E-state index contributed by atoms with van der Waals surface area (Å²) in [6, 6.07) is 8.74. The molecule has 0 aliphatic heterocycles. The number of amides is 2. The Morgan fingerprint density at radius 1 is 1.09 bits per heavy atom. The molecule has 0 saturated carbocycles. The fraction of sp³-hybridized carbons (Fsp3) is 0.333. The van der Waals surface area contributed by atoms with Crippen LogP contribution in [0.3, 0.4) is 0 Å². The maximum atomic E-state index is 12.6. The molecule has 0 saturated heterocycles. The zero-order valence-electron chi connectivity index (χ0n) is 14.0. The van der Waals surface area contributed by atoms with E-state index in [1.807, 2.05) is 13.8 Å². The molecule has 0 unspecified atom stereocenters. The van der Waals surface area contributed by atoms with Gasteiger partial charge in [0.15, 0.2) is 0 Å². The van der Waals surface area contributed by atoms with Crippen LogP contribution in [0.2, 0.25) is 0 Å². The Balaban J connectivity index is 2.29. The molecule has 0 aliphatic carbocycles. The van der Waals surface area contributed by atoms with Gasteiger partial charge in [-0.3, -0.25) is 9.59 Å². The van der Waals surface area contributed by atoms with E-state index in [2.05, 4.69) is 5.32 Å². The number of para-hydroxylation sites is 1. The molecule has 1 heterocycles. The summed E-state index contributed by atoms with van der Waals surface area (Å²) in [4.78, 5) is 26.7. The molecule has 5 heteroatoms. The zero-order chi connectivity index (χ0) is 17.0. The lowest BCUT2D eigenvalue weighted by atomic mass is 10.1. The van der Waals surface area contributed by atoms with E-state index in [1.165, 1.54) is 0 Å². The number of carbonyl (C=O) groups excluding carboxylic acids is 2. The van der Waals surface area contributed by atoms with Crippen LogP contribution >= 0.6 is 0 Å². The van der Waals surface area contributed by atoms with Crippen LogP contribution in [0.4, 0.5) is 5.69 Å². The second-order valence-corrected chi connectivity index (χ2v) is 5.30. The summed E-state index contributed by atoms with van der Waals surface area (Å²) in [7, 11) is 0. The lowest BCUT2D eigenvalue weighted by Gasteiger charge is -2.20. The van der Waals surface area contributed by atoms with Gasteiger partial charge in [0, 0.05) is 13.1 Å². The fourth-order valence-corrected chi connectivity index (χ4v) is 2.51. The average molecular weight is 314 g/mol. The van der Waals surface area contributed by atoms with Crippen molar-refractivity contribution in [1.82, 2.24) is 4.90 Å².